The van der Waals surface area contributed by atoms with E-state index < -0.39 is 15.8 Å². The van der Waals surface area contributed by atoms with Crippen molar-refractivity contribution in [3.05, 3.63) is 65.7 Å². The van der Waals surface area contributed by atoms with Crippen LogP contribution in [0.1, 0.15) is 5.56 Å². The van der Waals surface area contributed by atoms with Gasteiger partial charge in [0.25, 0.3) is 0 Å². The number of hydrogen-bond acceptors (Lipinski definition) is 3. The van der Waals surface area contributed by atoms with Gasteiger partial charge in [0.05, 0.1) is 11.4 Å². The molecule has 1 aliphatic heterocycles. The minimum Gasteiger partial charge on any atom is -0.367 e. The highest BCUT2D eigenvalue weighted by Gasteiger charge is 2.27. The van der Waals surface area contributed by atoms with Gasteiger partial charge < -0.3 is 4.90 Å². The highest BCUT2D eigenvalue weighted by Crippen LogP contribution is 2.22. The van der Waals surface area contributed by atoms with E-state index in [1.54, 1.807) is 18.2 Å². The van der Waals surface area contributed by atoms with Gasteiger partial charge in [-0.2, -0.15) is 4.31 Å². The molecule has 0 atom stereocenters. The Labute approximate surface area is 140 Å². The summed E-state index contributed by atoms with van der Waals surface area (Å²) in [6.07, 6.45) is 0. The highest BCUT2D eigenvalue weighted by molar-refractivity contribution is 7.88. The number of halogens is 2. The molecular formula is C17H18F2N2O2S. The van der Waals surface area contributed by atoms with Gasteiger partial charge >= 0.3 is 0 Å². The number of para-hydroxylation sites is 1. The molecule has 0 aliphatic carbocycles. The second-order valence-electron chi connectivity index (χ2n) is 5.72. The summed E-state index contributed by atoms with van der Waals surface area (Å²) < 4.78 is 53.1. The molecule has 2 aromatic carbocycles. The Kier molecular flexibility index (Phi) is 4.82. The molecule has 2 aromatic rings. The fourth-order valence-electron chi connectivity index (χ4n) is 2.80. The van der Waals surface area contributed by atoms with Crippen molar-refractivity contribution in [2.24, 2.45) is 0 Å². The van der Waals surface area contributed by atoms with Crippen LogP contribution in [0.3, 0.4) is 0 Å². The van der Waals surface area contributed by atoms with Gasteiger partial charge in [0.2, 0.25) is 10.0 Å². The molecule has 0 N–H and O–H groups in total. The summed E-state index contributed by atoms with van der Waals surface area (Å²) >= 11 is 0. The van der Waals surface area contributed by atoms with E-state index in [0.29, 0.717) is 37.4 Å². The van der Waals surface area contributed by atoms with Crippen LogP contribution in [0.25, 0.3) is 0 Å². The lowest BCUT2D eigenvalue weighted by Gasteiger charge is -2.35. The fourth-order valence-corrected chi connectivity index (χ4v) is 4.31. The van der Waals surface area contributed by atoms with Crippen molar-refractivity contribution >= 4 is 15.7 Å². The van der Waals surface area contributed by atoms with E-state index in [4.69, 9.17) is 0 Å². The van der Waals surface area contributed by atoms with Gasteiger partial charge in [-0.15, -0.1) is 0 Å². The average Bonchev–Trinajstić information content (AvgIpc) is 2.57. The Hall–Kier alpha value is -1.99. The number of benzene rings is 2. The average molecular weight is 352 g/mol. The number of hydrogen-bond donors (Lipinski definition) is 0. The monoisotopic (exact) mass is 352 g/mol. The minimum atomic E-state index is -3.47. The zero-order valence-corrected chi connectivity index (χ0v) is 13.8. The predicted molar refractivity (Wildman–Crippen MR) is 89.2 cm³/mol. The summed E-state index contributed by atoms with van der Waals surface area (Å²) in [5.41, 5.74) is 1.04. The topological polar surface area (TPSA) is 40.6 Å². The van der Waals surface area contributed by atoms with E-state index in [0.717, 1.165) is 0 Å². The summed E-state index contributed by atoms with van der Waals surface area (Å²) in [6.45, 7) is 1.48. The second kappa shape index (κ2) is 6.86. The van der Waals surface area contributed by atoms with E-state index in [1.807, 2.05) is 4.90 Å². The Morgan fingerprint density at radius 1 is 0.875 bits per heavy atom. The summed E-state index contributed by atoms with van der Waals surface area (Å²) in [6, 6.07) is 11.9. The zero-order chi connectivity index (χ0) is 17.2. The van der Waals surface area contributed by atoms with Crippen LogP contribution in [0, 0.1) is 11.6 Å². The molecule has 1 saturated heterocycles. The summed E-state index contributed by atoms with van der Waals surface area (Å²) in [5.74, 6) is -0.859. The first-order valence-electron chi connectivity index (χ1n) is 7.67. The predicted octanol–water partition coefficient (Wildman–Crippen LogP) is 2.62. The van der Waals surface area contributed by atoms with Crippen molar-refractivity contribution in [1.29, 1.82) is 0 Å². The van der Waals surface area contributed by atoms with Crippen LogP contribution in [0.2, 0.25) is 0 Å². The number of piperazine rings is 1. The molecule has 0 saturated carbocycles. The van der Waals surface area contributed by atoms with E-state index in [9.17, 15) is 17.2 Å². The molecule has 0 amide bonds. The van der Waals surface area contributed by atoms with Crippen LogP contribution < -0.4 is 4.90 Å². The zero-order valence-electron chi connectivity index (χ0n) is 13.0. The highest BCUT2D eigenvalue weighted by atomic mass is 32.2. The van der Waals surface area contributed by atoms with Crippen molar-refractivity contribution in [2.75, 3.05) is 31.1 Å². The molecule has 3 rings (SSSR count). The molecule has 1 aliphatic rings. The SMILES string of the molecule is O=S(=O)(Cc1ccc(F)cc1)N1CCN(c2ccccc2F)CC1. The lowest BCUT2D eigenvalue weighted by Crippen LogP contribution is -2.49. The molecule has 128 valence electrons. The fraction of sp³-hybridized carbons (Fsp3) is 0.294. The Bertz CT molecular complexity index is 802. The van der Waals surface area contributed by atoms with Crippen LogP contribution in [0.15, 0.2) is 48.5 Å². The van der Waals surface area contributed by atoms with Crippen molar-refractivity contribution < 1.29 is 17.2 Å². The third kappa shape index (κ3) is 3.73. The maximum absolute atomic E-state index is 13.8. The molecule has 24 heavy (non-hydrogen) atoms. The molecule has 1 heterocycles. The van der Waals surface area contributed by atoms with Crippen molar-refractivity contribution in [3.8, 4) is 0 Å². The Morgan fingerprint density at radius 3 is 2.12 bits per heavy atom. The number of nitrogens with zero attached hydrogens (tertiary/aromatic N) is 2. The Morgan fingerprint density at radius 2 is 1.50 bits per heavy atom. The van der Waals surface area contributed by atoms with Crippen molar-refractivity contribution in [2.45, 2.75) is 5.75 Å². The molecule has 0 bridgehead atoms. The molecule has 1 fully saturated rings. The van der Waals surface area contributed by atoms with Crippen LogP contribution in [0.4, 0.5) is 14.5 Å². The lowest BCUT2D eigenvalue weighted by atomic mass is 10.2. The second-order valence-corrected chi connectivity index (χ2v) is 7.69. The molecule has 0 aromatic heterocycles. The number of rotatable bonds is 4. The van der Waals surface area contributed by atoms with Gasteiger partial charge in [0.15, 0.2) is 0 Å². The molecular weight excluding hydrogens is 334 g/mol. The third-order valence-electron chi connectivity index (χ3n) is 4.09. The van der Waals surface area contributed by atoms with Crippen LogP contribution in [-0.2, 0) is 15.8 Å². The Balaban J connectivity index is 1.65. The summed E-state index contributed by atoms with van der Waals surface area (Å²) in [4.78, 5) is 1.85. The molecule has 0 unspecified atom stereocenters. The van der Waals surface area contributed by atoms with Crippen LogP contribution >= 0.6 is 0 Å². The van der Waals surface area contributed by atoms with Gasteiger partial charge in [-0.1, -0.05) is 24.3 Å². The number of sulfonamides is 1. The van der Waals surface area contributed by atoms with Crippen molar-refractivity contribution in [1.82, 2.24) is 4.31 Å². The van der Waals surface area contributed by atoms with Gasteiger partial charge in [-0.25, -0.2) is 17.2 Å². The minimum absolute atomic E-state index is 0.160. The van der Waals surface area contributed by atoms with Crippen LogP contribution in [0.5, 0.6) is 0 Å². The largest absolute Gasteiger partial charge is 0.367 e. The summed E-state index contributed by atoms with van der Waals surface area (Å²) in [7, 11) is -3.47. The van der Waals surface area contributed by atoms with Crippen LogP contribution in [-0.4, -0.2) is 38.9 Å². The number of anilines is 1. The van der Waals surface area contributed by atoms with E-state index in [2.05, 4.69) is 0 Å². The van der Waals surface area contributed by atoms with Gasteiger partial charge in [-0.05, 0) is 29.8 Å². The lowest BCUT2D eigenvalue weighted by molar-refractivity contribution is 0.382. The van der Waals surface area contributed by atoms with Gasteiger partial charge in [0, 0.05) is 26.2 Å². The summed E-state index contributed by atoms with van der Waals surface area (Å²) in [5, 5.41) is 0. The maximum atomic E-state index is 13.8. The van der Waals surface area contributed by atoms with Crippen molar-refractivity contribution in [3.63, 3.8) is 0 Å². The maximum Gasteiger partial charge on any atom is 0.218 e. The first-order chi connectivity index (χ1) is 11.5. The first kappa shape index (κ1) is 16.9. The van der Waals surface area contributed by atoms with E-state index >= 15 is 0 Å². The smallest absolute Gasteiger partial charge is 0.218 e. The standard InChI is InChI=1S/C17H18F2N2O2S/c18-15-7-5-14(6-8-15)13-24(22,23)21-11-9-20(10-12-21)17-4-2-1-3-16(17)19/h1-8H,9-13H2. The van der Waals surface area contributed by atoms with E-state index in [-0.39, 0.29) is 11.6 Å². The van der Waals surface area contributed by atoms with Gasteiger partial charge in [0.1, 0.15) is 11.6 Å². The molecule has 7 heteroatoms. The molecule has 4 nitrogen and oxygen atoms in total. The van der Waals surface area contributed by atoms with E-state index in [1.165, 1.54) is 34.6 Å². The third-order valence-corrected chi connectivity index (χ3v) is 5.94. The molecule has 0 radical (unpaired) electrons. The van der Waals surface area contributed by atoms with Gasteiger partial charge in [-0.3, -0.25) is 0 Å². The first-order valence-corrected chi connectivity index (χ1v) is 9.28. The normalized spacial score (nSPS) is 16.3. The quantitative estimate of drug-likeness (QED) is 0.849. The molecule has 0 spiro atoms.